The largest absolute Gasteiger partial charge is 0.494 e. The summed E-state index contributed by atoms with van der Waals surface area (Å²) in [5.74, 6) is 1.66. The number of nitrogens with zero attached hydrogens (tertiary/aromatic N) is 2. The van der Waals surface area contributed by atoms with Crippen LogP contribution < -0.4 is 4.74 Å². The Labute approximate surface area is 117 Å². The van der Waals surface area contributed by atoms with E-state index in [9.17, 15) is 4.79 Å². The molecular formula is C16H16N2O2. The van der Waals surface area contributed by atoms with Crippen LogP contribution in [0.4, 0.5) is 0 Å². The van der Waals surface area contributed by atoms with E-state index >= 15 is 0 Å². The van der Waals surface area contributed by atoms with Crippen LogP contribution in [0.1, 0.15) is 35.8 Å². The maximum absolute atomic E-state index is 11.8. The Balaban J connectivity index is 1.92. The Bertz CT molecular complexity index is 635. The summed E-state index contributed by atoms with van der Waals surface area (Å²) in [7, 11) is 0. The minimum absolute atomic E-state index is 0.157. The van der Waals surface area contributed by atoms with Gasteiger partial charge in [-0.1, -0.05) is 0 Å². The summed E-state index contributed by atoms with van der Waals surface area (Å²) in [6.07, 6.45) is 4.01. The zero-order chi connectivity index (χ0) is 13.9. The van der Waals surface area contributed by atoms with Gasteiger partial charge in [-0.15, -0.1) is 0 Å². The fraction of sp³-hybridized carbons (Fsp3) is 0.312. The van der Waals surface area contributed by atoms with Crippen molar-refractivity contribution >= 4 is 5.78 Å². The van der Waals surface area contributed by atoms with Crippen molar-refractivity contribution in [2.45, 2.75) is 26.2 Å². The van der Waals surface area contributed by atoms with Gasteiger partial charge in [0.1, 0.15) is 5.75 Å². The van der Waals surface area contributed by atoms with E-state index in [2.05, 4.69) is 9.97 Å². The maximum Gasteiger partial charge on any atom is 0.166 e. The first-order valence-electron chi connectivity index (χ1n) is 6.90. The van der Waals surface area contributed by atoms with Crippen LogP contribution in [0.3, 0.4) is 0 Å². The molecular weight excluding hydrogens is 252 g/mol. The van der Waals surface area contributed by atoms with Crippen LogP contribution >= 0.6 is 0 Å². The van der Waals surface area contributed by atoms with E-state index < -0.39 is 0 Å². The molecule has 1 aromatic heterocycles. The van der Waals surface area contributed by atoms with Gasteiger partial charge in [0.05, 0.1) is 17.9 Å². The number of aromatic nitrogens is 2. The maximum atomic E-state index is 11.8. The standard InChI is InChI=1S/C16H16N2O2/c1-2-20-12-8-6-11(7-9-12)16-17-10-13-14(18-16)4-3-5-15(13)19/h6-10H,2-5H2,1H3. The third-order valence-corrected chi connectivity index (χ3v) is 3.41. The summed E-state index contributed by atoms with van der Waals surface area (Å²) in [6.45, 7) is 2.61. The smallest absolute Gasteiger partial charge is 0.166 e. The summed E-state index contributed by atoms with van der Waals surface area (Å²) in [5.41, 5.74) is 2.50. The molecule has 0 spiro atoms. The van der Waals surface area contributed by atoms with Gasteiger partial charge in [-0.05, 0) is 44.0 Å². The first-order chi connectivity index (χ1) is 9.78. The lowest BCUT2D eigenvalue weighted by molar-refractivity contribution is 0.0971. The number of aryl methyl sites for hydroxylation is 1. The highest BCUT2D eigenvalue weighted by Crippen LogP contribution is 2.23. The molecule has 20 heavy (non-hydrogen) atoms. The fourth-order valence-corrected chi connectivity index (χ4v) is 2.40. The van der Waals surface area contributed by atoms with E-state index in [1.807, 2.05) is 31.2 Å². The molecule has 102 valence electrons. The average Bonchev–Trinajstić information content (AvgIpc) is 2.48. The second kappa shape index (κ2) is 5.41. The molecule has 4 nitrogen and oxygen atoms in total. The summed E-state index contributed by atoms with van der Waals surface area (Å²) in [6, 6.07) is 7.70. The molecule has 0 unspecified atom stereocenters. The normalized spacial score (nSPS) is 13.9. The second-order valence-electron chi connectivity index (χ2n) is 4.79. The lowest BCUT2D eigenvalue weighted by Gasteiger charge is -2.13. The summed E-state index contributed by atoms with van der Waals surface area (Å²) in [5, 5.41) is 0. The molecule has 0 atom stereocenters. The lowest BCUT2D eigenvalue weighted by Crippen LogP contribution is -2.13. The van der Waals surface area contributed by atoms with Crippen LogP contribution in [0, 0.1) is 0 Å². The number of fused-ring (bicyclic) bond motifs is 1. The van der Waals surface area contributed by atoms with E-state index in [0.29, 0.717) is 24.4 Å². The van der Waals surface area contributed by atoms with E-state index in [0.717, 1.165) is 29.8 Å². The summed E-state index contributed by atoms with van der Waals surface area (Å²) < 4.78 is 5.42. The van der Waals surface area contributed by atoms with Gasteiger partial charge < -0.3 is 4.74 Å². The monoisotopic (exact) mass is 268 g/mol. The van der Waals surface area contributed by atoms with Gasteiger partial charge in [0.25, 0.3) is 0 Å². The predicted molar refractivity (Wildman–Crippen MR) is 75.9 cm³/mol. The molecule has 4 heteroatoms. The minimum Gasteiger partial charge on any atom is -0.494 e. The minimum atomic E-state index is 0.157. The Morgan fingerprint density at radius 1 is 1.20 bits per heavy atom. The Kier molecular flexibility index (Phi) is 3.46. The number of ketones is 1. The van der Waals surface area contributed by atoms with Gasteiger partial charge in [-0.25, -0.2) is 9.97 Å². The number of hydrogen-bond acceptors (Lipinski definition) is 4. The van der Waals surface area contributed by atoms with Crippen molar-refractivity contribution in [3.8, 4) is 17.1 Å². The highest BCUT2D eigenvalue weighted by atomic mass is 16.5. The molecule has 1 aromatic carbocycles. The number of Topliss-reactive ketones (excluding diaryl/α,β-unsaturated/α-hetero) is 1. The zero-order valence-corrected chi connectivity index (χ0v) is 11.4. The predicted octanol–water partition coefficient (Wildman–Crippen LogP) is 3.06. The molecule has 0 saturated carbocycles. The molecule has 1 aliphatic rings. The molecule has 1 aliphatic carbocycles. The highest BCUT2D eigenvalue weighted by Gasteiger charge is 2.19. The SMILES string of the molecule is CCOc1ccc(-c2ncc3c(n2)CCCC3=O)cc1. The fourth-order valence-electron chi connectivity index (χ4n) is 2.40. The lowest BCUT2D eigenvalue weighted by atomic mass is 9.96. The van der Waals surface area contributed by atoms with Crippen molar-refractivity contribution in [1.29, 1.82) is 0 Å². The molecule has 0 N–H and O–H groups in total. The highest BCUT2D eigenvalue weighted by molar-refractivity contribution is 5.97. The first kappa shape index (κ1) is 12.8. The van der Waals surface area contributed by atoms with Crippen LogP contribution in [0.5, 0.6) is 5.75 Å². The van der Waals surface area contributed by atoms with E-state index in [1.165, 1.54) is 0 Å². The van der Waals surface area contributed by atoms with E-state index in [4.69, 9.17) is 4.74 Å². The van der Waals surface area contributed by atoms with Crippen LogP contribution in [0.2, 0.25) is 0 Å². The van der Waals surface area contributed by atoms with Gasteiger partial charge in [0, 0.05) is 18.2 Å². The van der Waals surface area contributed by atoms with Crippen LogP contribution in [-0.4, -0.2) is 22.4 Å². The number of hydrogen-bond donors (Lipinski definition) is 0. The van der Waals surface area contributed by atoms with Crippen molar-refractivity contribution in [1.82, 2.24) is 9.97 Å². The topological polar surface area (TPSA) is 52.1 Å². The van der Waals surface area contributed by atoms with E-state index in [1.54, 1.807) is 6.20 Å². The number of rotatable bonds is 3. The number of carbonyl (C=O) groups excluding carboxylic acids is 1. The van der Waals surface area contributed by atoms with Gasteiger partial charge in [-0.2, -0.15) is 0 Å². The Morgan fingerprint density at radius 2 is 2.00 bits per heavy atom. The molecule has 0 radical (unpaired) electrons. The second-order valence-corrected chi connectivity index (χ2v) is 4.79. The van der Waals surface area contributed by atoms with Gasteiger partial charge >= 0.3 is 0 Å². The van der Waals surface area contributed by atoms with Crippen molar-refractivity contribution in [3.05, 3.63) is 41.7 Å². The van der Waals surface area contributed by atoms with Gasteiger partial charge in [0.2, 0.25) is 0 Å². The first-order valence-corrected chi connectivity index (χ1v) is 6.90. The van der Waals surface area contributed by atoms with Crippen LogP contribution in [0.15, 0.2) is 30.5 Å². The van der Waals surface area contributed by atoms with Gasteiger partial charge in [-0.3, -0.25) is 4.79 Å². The number of ether oxygens (including phenoxy) is 1. The molecule has 0 saturated heterocycles. The Hall–Kier alpha value is -2.23. The molecule has 3 rings (SSSR count). The molecule has 2 aromatic rings. The molecule has 1 heterocycles. The van der Waals surface area contributed by atoms with E-state index in [-0.39, 0.29) is 5.78 Å². The number of benzene rings is 1. The van der Waals surface area contributed by atoms with Crippen molar-refractivity contribution in [2.75, 3.05) is 6.61 Å². The number of carbonyl (C=O) groups is 1. The molecule has 0 fully saturated rings. The molecule has 0 bridgehead atoms. The summed E-state index contributed by atoms with van der Waals surface area (Å²) in [4.78, 5) is 20.6. The molecule has 0 amide bonds. The Morgan fingerprint density at radius 3 is 2.75 bits per heavy atom. The van der Waals surface area contributed by atoms with Crippen molar-refractivity contribution in [3.63, 3.8) is 0 Å². The van der Waals surface area contributed by atoms with Crippen LogP contribution in [0.25, 0.3) is 11.4 Å². The quantitative estimate of drug-likeness (QED) is 0.858. The third-order valence-electron chi connectivity index (χ3n) is 3.41. The third kappa shape index (κ3) is 2.41. The van der Waals surface area contributed by atoms with Crippen LogP contribution in [-0.2, 0) is 6.42 Å². The summed E-state index contributed by atoms with van der Waals surface area (Å²) >= 11 is 0. The zero-order valence-electron chi connectivity index (χ0n) is 11.4. The van der Waals surface area contributed by atoms with Crippen molar-refractivity contribution in [2.24, 2.45) is 0 Å². The van der Waals surface area contributed by atoms with Crippen molar-refractivity contribution < 1.29 is 9.53 Å². The average molecular weight is 268 g/mol. The molecule has 0 aliphatic heterocycles. The van der Waals surface area contributed by atoms with Gasteiger partial charge in [0.15, 0.2) is 11.6 Å².